The van der Waals surface area contributed by atoms with Crippen molar-refractivity contribution in [1.29, 1.82) is 0 Å². The molecular weight excluding hydrogens is 320 g/mol. The van der Waals surface area contributed by atoms with E-state index >= 15 is 0 Å². The van der Waals surface area contributed by atoms with Crippen molar-refractivity contribution < 1.29 is 0 Å². The number of tetrazole rings is 2. The van der Waals surface area contributed by atoms with Gasteiger partial charge in [-0.15, -0.1) is 10.2 Å². The first-order chi connectivity index (χ1) is 12.2. The highest BCUT2D eigenvalue weighted by Crippen LogP contribution is 2.14. The van der Waals surface area contributed by atoms with E-state index in [9.17, 15) is 0 Å². The Kier molecular flexibility index (Phi) is 6.03. The summed E-state index contributed by atoms with van der Waals surface area (Å²) < 4.78 is 3.83. The van der Waals surface area contributed by atoms with Crippen LogP contribution in [0.15, 0.2) is 0 Å². The van der Waals surface area contributed by atoms with Crippen molar-refractivity contribution in [1.82, 2.24) is 50.2 Å². The minimum absolute atomic E-state index is 0.441. The molecule has 3 heterocycles. The Morgan fingerprint density at radius 1 is 0.880 bits per heavy atom. The zero-order valence-electron chi connectivity index (χ0n) is 15.4. The van der Waals surface area contributed by atoms with Crippen LogP contribution in [0.2, 0.25) is 0 Å². The highest BCUT2D eigenvalue weighted by molar-refractivity contribution is 4.89. The van der Waals surface area contributed by atoms with E-state index in [2.05, 4.69) is 61.6 Å². The van der Waals surface area contributed by atoms with Crippen molar-refractivity contribution in [2.45, 2.75) is 65.8 Å². The van der Waals surface area contributed by atoms with Gasteiger partial charge in [0, 0.05) is 38.8 Å². The van der Waals surface area contributed by atoms with E-state index in [1.165, 1.54) is 0 Å². The second kappa shape index (κ2) is 8.43. The lowest BCUT2D eigenvalue weighted by Gasteiger charge is -2.39. The predicted octanol–water partition coefficient (Wildman–Crippen LogP) is 0.186. The SMILES string of the molecule is CCCn1nnnc1CN1CCN(Cc2nnnn2CCC)C(C)C1. The van der Waals surface area contributed by atoms with Gasteiger partial charge in [0.05, 0.1) is 13.1 Å². The summed E-state index contributed by atoms with van der Waals surface area (Å²) in [7, 11) is 0. The minimum Gasteiger partial charge on any atom is -0.293 e. The lowest BCUT2D eigenvalue weighted by atomic mass is 10.2. The fraction of sp³-hybridized carbons (Fsp3) is 0.867. The zero-order chi connectivity index (χ0) is 17.6. The van der Waals surface area contributed by atoms with Gasteiger partial charge in [-0.05, 0) is 40.6 Å². The maximum atomic E-state index is 4.19. The van der Waals surface area contributed by atoms with Crippen LogP contribution in [0, 0.1) is 0 Å². The Bertz CT molecular complexity index is 650. The fourth-order valence-corrected chi connectivity index (χ4v) is 3.27. The van der Waals surface area contributed by atoms with Gasteiger partial charge in [-0.1, -0.05) is 13.8 Å². The van der Waals surface area contributed by atoms with Gasteiger partial charge in [0.25, 0.3) is 0 Å². The molecule has 25 heavy (non-hydrogen) atoms. The van der Waals surface area contributed by atoms with Crippen LogP contribution in [0.5, 0.6) is 0 Å². The summed E-state index contributed by atoms with van der Waals surface area (Å²) >= 11 is 0. The summed E-state index contributed by atoms with van der Waals surface area (Å²) in [5, 5.41) is 24.2. The van der Waals surface area contributed by atoms with Gasteiger partial charge in [-0.3, -0.25) is 9.80 Å². The van der Waals surface area contributed by atoms with Crippen LogP contribution in [0.4, 0.5) is 0 Å². The Labute approximate surface area is 148 Å². The molecule has 10 heteroatoms. The van der Waals surface area contributed by atoms with Gasteiger partial charge < -0.3 is 0 Å². The lowest BCUT2D eigenvalue weighted by molar-refractivity contribution is 0.0677. The third-order valence-corrected chi connectivity index (χ3v) is 4.64. The molecule has 138 valence electrons. The molecule has 0 amide bonds. The molecular formula is C15H28N10. The standard InChI is InChI=1S/C15H28N10/c1-4-6-24-14(16-18-20-24)11-22-8-9-23(13(3)10-22)12-15-17-19-21-25(15)7-5-2/h13H,4-12H2,1-3H3. The van der Waals surface area contributed by atoms with Gasteiger partial charge in [0.15, 0.2) is 11.6 Å². The molecule has 3 rings (SSSR count). The van der Waals surface area contributed by atoms with Crippen LogP contribution in [0.3, 0.4) is 0 Å². The fourth-order valence-electron chi connectivity index (χ4n) is 3.27. The average molecular weight is 348 g/mol. The molecule has 0 saturated carbocycles. The van der Waals surface area contributed by atoms with Gasteiger partial charge in [0.1, 0.15) is 0 Å². The van der Waals surface area contributed by atoms with Crippen LogP contribution < -0.4 is 0 Å². The number of piperazine rings is 1. The number of nitrogens with zero attached hydrogens (tertiary/aromatic N) is 10. The quantitative estimate of drug-likeness (QED) is 0.667. The van der Waals surface area contributed by atoms with E-state index in [1.54, 1.807) is 0 Å². The summed E-state index contributed by atoms with van der Waals surface area (Å²) in [5.41, 5.74) is 0. The molecule has 1 saturated heterocycles. The predicted molar refractivity (Wildman–Crippen MR) is 91.4 cm³/mol. The van der Waals surface area contributed by atoms with E-state index in [1.807, 2.05) is 9.36 Å². The molecule has 1 unspecified atom stereocenters. The van der Waals surface area contributed by atoms with Crippen molar-refractivity contribution in [3.63, 3.8) is 0 Å². The Morgan fingerprint density at radius 2 is 1.48 bits per heavy atom. The van der Waals surface area contributed by atoms with E-state index in [0.717, 1.165) is 70.3 Å². The number of aryl methyl sites for hydroxylation is 2. The summed E-state index contributed by atoms with van der Waals surface area (Å²) in [6.07, 6.45) is 2.07. The van der Waals surface area contributed by atoms with Crippen molar-refractivity contribution in [3.8, 4) is 0 Å². The monoisotopic (exact) mass is 348 g/mol. The Morgan fingerprint density at radius 3 is 2.04 bits per heavy atom. The molecule has 0 aromatic carbocycles. The van der Waals surface area contributed by atoms with Crippen molar-refractivity contribution in [2.75, 3.05) is 19.6 Å². The number of hydrogen-bond acceptors (Lipinski definition) is 8. The highest BCUT2D eigenvalue weighted by atomic mass is 15.6. The molecule has 2 aromatic rings. The first kappa shape index (κ1) is 17.9. The highest BCUT2D eigenvalue weighted by Gasteiger charge is 2.26. The minimum atomic E-state index is 0.441. The second-order valence-electron chi connectivity index (χ2n) is 6.69. The third-order valence-electron chi connectivity index (χ3n) is 4.64. The molecule has 1 aliphatic rings. The van der Waals surface area contributed by atoms with Gasteiger partial charge in [-0.25, -0.2) is 9.36 Å². The van der Waals surface area contributed by atoms with E-state index in [-0.39, 0.29) is 0 Å². The molecule has 1 atom stereocenters. The maximum absolute atomic E-state index is 4.19. The van der Waals surface area contributed by atoms with Gasteiger partial charge in [0.2, 0.25) is 0 Å². The van der Waals surface area contributed by atoms with E-state index in [0.29, 0.717) is 6.04 Å². The lowest BCUT2D eigenvalue weighted by Crippen LogP contribution is -2.51. The van der Waals surface area contributed by atoms with Crippen LogP contribution in [-0.2, 0) is 26.2 Å². The van der Waals surface area contributed by atoms with Crippen molar-refractivity contribution in [3.05, 3.63) is 11.6 Å². The number of rotatable bonds is 8. The topological polar surface area (TPSA) is 93.7 Å². The summed E-state index contributed by atoms with van der Waals surface area (Å²) in [5.74, 6) is 1.91. The third kappa shape index (κ3) is 4.37. The Balaban J connectivity index is 1.55. The molecule has 2 aromatic heterocycles. The van der Waals surface area contributed by atoms with E-state index < -0.39 is 0 Å². The van der Waals surface area contributed by atoms with Crippen LogP contribution in [0.25, 0.3) is 0 Å². The maximum Gasteiger partial charge on any atom is 0.165 e. The van der Waals surface area contributed by atoms with Crippen molar-refractivity contribution >= 4 is 0 Å². The molecule has 1 aliphatic heterocycles. The first-order valence-corrected chi connectivity index (χ1v) is 9.17. The van der Waals surface area contributed by atoms with Crippen molar-refractivity contribution in [2.24, 2.45) is 0 Å². The largest absolute Gasteiger partial charge is 0.293 e. The average Bonchev–Trinajstić information content (AvgIpc) is 3.21. The molecule has 1 fully saturated rings. The number of hydrogen-bond donors (Lipinski definition) is 0. The van der Waals surface area contributed by atoms with Gasteiger partial charge in [-0.2, -0.15) is 0 Å². The summed E-state index contributed by atoms with van der Waals surface area (Å²) in [4.78, 5) is 4.87. The molecule has 0 bridgehead atoms. The van der Waals surface area contributed by atoms with Crippen LogP contribution >= 0.6 is 0 Å². The first-order valence-electron chi connectivity index (χ1n) is 9.17. The molecule has 0 spiro atoms. The molecule has 0 radical (unpaired) electrons. The van der Waals surface area contributed by atoms with Crippen LogP contribution in [0.1, 0.15) is 45.3 Å². The molecule has 0 aliphatic carbocycles. The van der Waals surface area contributed by atoms with E-state index in [4.69, 9.17) is 0 Å². The zero-order valence-corrected chi connectivity index (χ0v) is 15.4. The molecule has 0 N–H and O–H groups in total. The van der Waals surface area contributed by atoms with Crippen LogP contribution in [-0.4, -0.2) is 75.9 Å². The second-order valence-corrected chi connectivity index (χ2v) is 6.69. The Hall–Kier alpha value is -1.94. The summed E-state index contributed by atoms with van der Waals surface area (Å²) in [6.45, 7) is 12.9. The molecule has 10 nitrogen and oxygen atoms in total. The van der Waals surface area contributed by atoms with Gasteiger partial charge >= 0.3 is 0 Å². The normalized spacial score (nSPS) is 19.6. The smallest absolute Gasteiger partial charge is 0.165 e. The summed E-state index contributed by atoms with van der Waals surface area (Å²) in [6, 6.07) is 0.441. The number of aromatic nitrogens is 8.